The van der Waals surface area contributed by atoms with Gasteiger partial charge in [-0.15, -0.1) is 0 Å². The molecule has 0 aromatic carbocycles. The van der Waals surface area contributed by atoms with Crippen LogP contribution in [-0.2, 0) is 34.4 Å². The van der Waals surface area contributed by atoms with Crippen LogP contribution in [0.2, 0.25) is 113 Å². The van der Waals surface area contributed by atoms with Gasteiger partial charge in [-0.3, -0.25) is 0 Å². The number of hydrogen-bond acceptors (Lipinski definition) is 8. The zero-order valence-corrected chi connectivity index (χ0v) is 39.3. The minimum absolute atomic E-state index is 0.953. The molecule has 0 unspecified atom stereocenters. The van der Waals surface area contributed by atoms with Crippen LogP contribution < -0.4 is 0 Å². The first kappa shape index (κ1) is 46.6. The molecule has 262 valence electrons. The lowest BCUT2D eigenvalue weighted by molar-refractivity contribution is 0.280. The first-order valence-electron chi connectivity index (χ1n) is 16.7. The first-order chi connectivity index (χ1) is 19.3. The molecule has 16 heteroatoms. The van der Waals surface area contributed by atoms with E-state index in [1.807, 2.05) is 58.9 Å². The molecule has 8 nitrogen and oxygen atoms in total. The Morgan fingerprint density at radius 1 is 0.326 bits per heavy atom. The van der Waals surface area contributed by atoms with E-state index < -0.39 is 65.5 Å². The van der Waals surface area contributed by atoms with E-state index in [2.05, 4.69) is 62.3 Å². The van der Waals surface area contributed by atoms with Gasteiger partial charge in [0.2, 0.25) is 25.0 Å². The van der Waals surface area contributed by atoms with Gasteiger partial charge in [-0.1, -0.05) is 62.3 Å². The van der Waals surface area contributed by atoms with Crippen molar-refractivity contribution >= 4 is 65.5 Å². The largest absolute Gasteiger partial charge is 0.445 e. The van der Waals surface area contributed by atoms with E-state index >= 15 is 0 Å². The van der Waals surface area contributed by atoms with Gasteiger partial charge >= 0.3 is 15.6 Å². The van der Waals surface area contributed by atoms with Crippen LogP contribution in [0.5, 0.6) is 0 Å². The summed E-state index contributed by atoms with van der Waals surface area (Å²) in [6.07, 6.45) is 0. The summed E-state index contributed by atoms with van der Waals surface area (Å²) in [4.78, 5) is 0. The van der Waals surface area contributed by atoms with Gasteiger partial charge in [0.05, 0.1) is 0 Å². The van der Waals surface area contributed by atoms with Gasteiger partial charge in [-0.25, -0.2) is 9.13 Å². The van der Waals surface area contributed by atoms with Crippen LogP contribution in [-0.4, -0.2) is 49.9 Å². The Balaban J connectivity index is 0. The fraction of sp³-hybridized carbons (Fsp3) is 1.00. The average molecular weight is 755 g/mol. The second-order valence-corrected chi connectivity index (χ2v) is 46.8. The Morgan fingerprint density at radius 3 is 0.581 bits per heavy atom. The highest BCUT2D eigenvalue weighted by Gasteiger charge is 2.49. The van der Waals surface area contributed by atoms with Crippen molar-refractivity contribution in [1.82, 2.24) is 0 Å². The second kappa shape index (κ2) is 18.9. The van der Waals surface area contributed by atoms with Crippen molar-refractivity contribution in [2.45, 2.75) is 176 Å². The Morgan fingerprint density at radius 2 is 0.465 bits per heavy atom. The molecule has 0 aromatic heterocycles. The van der Waals surface area contributed by atoms with Crippen LogP contribution in [0, 0.1) is 0 Å². The van der Waals surface area contributed by atoms with E-state index in [9.17, 15) is 9.13 Å². The van der Waals surface area contributed by atoms with Crippen LogP contribution in [0.25, 0.3) is 0 Å². The third-order valence-electron chi connectivity index (χ3n) is 7.87. The highest BCUT2D eigenvalue weighted by molar-refractivity contribution is 7.54. The van der Waals surface area contributed by atoms with Gasteiger partial charge < -0.3 is 25.3 Å². The maximum Gasteiger partial charge on any atom is 0.445 e. The summed E-state index contributed by atoms with van der Waals surface area (Å²) >= 11 is 0. The van der Waals surface area contributed by atoms with Gasteiger partial charge in [0.15, 0.2) is 25.0 Å². The molecule has 0 amide bonds. The standard InChI is InChI=1S/C18H45O4PSi3.C9H27O4PSi3/c1-10-24(11-2,12-3)20-23(19,21-25(13-4,14-5)15-6)22-26(16-7,17-8)18-9;1-15(2,3)11-14(10,12-16(4,5)6)13-17(7,8)9/h10-18H2,1-9H3;1-9H3. The Labute approximate surface area is 274 Å². The van der Waals surface area contributed by atoms with Crippen molar-refractivity contribution in [1.29, 1.82) is 0 Å². The fourth-order valence-electron chi connectivity index (χ4n) is 4.66. The quantitative estimate of drug-likeness (QED) is 0.0845. The number of rotatable bonds is 21. The van der Waals surface area contributed by atoms with Crippen molar-refractivity contribution in [2.24, 2.45) is 0 Å². The highest BCUT2D eigenvalue weighted by atomic mass is 31.2. The predicted molar refractivity (Wildman–Crippen MR) is 203 cm³/mol. The molecule has 0 fully saturated rings. The molecule has 0 spiro atoms. The Bertz CT molecular complexity index is 744. The maximum atomic E-state index is 14.1. The zero-order valence-electron chi connectivity index (χ0n) is 31.5. The SMILES string of the molecule is CC[Si](CC)(CC)OP(=O)(O[Si](CC)(CC)CC)O[Si](CC)(CC)CC.C[Si](C)(C)OP(=O)(O[Si](C)(C)C)O[Si](C)(C)C. The summed E-state index contributed by atoms with van der Waals surface area (Å²) in [5, 5.41) is 0. The van der Waals surface area contributed by atoms with Crippen LogP contribution in [0.4, 0.5) is 0 Å². The fourth-order valence-corrected chi connectivity index (χ4v) is 30.5. The van der Waals surface area contributed by atoms with E-state index in [0.717, 1.165) is 54.4 Å². The molecule has 0 saturated carbocycles. The van der Waals surface area contributed by atoms with Gasteiger partial charge in [-0.2, -0.15) is 0 Å². The Hall–Kier alpha value is 1.52. The molecule has 0 aromatic rings. The summed E-state index contributed by atoms with van der Waals surface area (Å²) in [7, 11) is -19.1. The van der Waals surface area contributed by atoms with Gasteiger partial charge in [0.1, 0.15) is 0 Å². The number of phosphoric acid groups is 2. The van der Waals surface area contributed by atoms with Crippen molar-refractivity contribution in [3.63, 3.8) is 0 Å². The lowest BCUT2D eigenvalue weighted by Gasteiger charge is -2.41. The smallest absolute Gasteiger partial charge is 0.331 e. The molecule has 0 saturated heterocycles. The summed E-state index contributed by atoms with van der Waals surface area (Å²) in [5.41, 5.74) is 0. The highest BCUT2D eigenvalue weighted by Crippen LogP contribution is 2.60. The molecule has 43 heavy (non-hydrogen) atoms. The van der Waals surface area contributed by atoms with Crippen LogP contribution in [0.15, 0.2) is 0 Å². The topological polar surface area (TPSA) is 89.5 Å². The van der Waals surface area contributed by atoms with E-state index in [0.29, 0.717) is 0 Å². The van der Waals surface area contributed by atoms with Crippen LogP contribution in [0.1, 0.15) is 62.3 Å². The van der Waals surface area contributed by atoms with E-state index in [4.69, 9.17) is 25.3 Å². The van der Waals surface area contributed by atoms with E-state index in [1.165, 1.54) is 0 Å². The summed E-state index contributed by atoms with van der Waals surface area (Å²) in [6, 6.07) is 8.58. The Kier molecular flexibility index (Phi) is 20.5. The van der Waals surface area contributed by atoms with E-state index in [1.54, 1.807) is 0 Å². The molecule has 0 heterocycles. The summed E-state index contributed by atoms with van der Waals surface area (Å²) < 4.78 is 63.5. The molecule has 0 aliphatic heterocycles. The zero-order chi connectivity index (χ0) is 34.6. The lowest BCUT2D eigenvalue weighted by atomic mass is 10.9. The molecule has 0 N–H and O–H groups in total. The van der Waals surface area contributed by atoms with E-state index in [-0.39, 0.29) is 0 Å². The third kappa shape index (κ3) is 18.0. The predicted octanol–water partition coefficient (Wildman–Crippen LogP) is 12.8. The molecule has 0 rings (SSSR count). The van der Waals surface area contributed by atoms with Crippen molar-refractivity contribution in [3.8, 4) is 0 Å². The third-order valence-corrected chi connectivity index (χ3v) is 36.1. The summed E-state index contributed by atoms with van der Waals surface area (Å²) in [5.74, 6) is 0. The van der Waals surface area contributed by atoms with Gasteiger partial charge in [0.25, 0.3) is 0 Å². The van der Waals surface area contributed by atoms with Crippen molar-refractivity contribution in [3.05, 3.63) is 0 Å². The molecule has 0 bridgehead atoms. The minimum Gasteiger partial charge on any atom is -0.331 e. The average Bonchev–Trinajstić information content (AvgIpc) is 2.86. The van der Waals surface area contributed by atoms with Crippen molar-refractivity contribution < 1.29 is 34.4 Å². The molecular formula is C27H72O8P2Si6. The van der Waals surface area contributed by atoms with Crippen molar-refractivity contribution in [2.75, 3.05) is 0 Å². The minimum atomic E-state index is -3.55. The van der Waals surface area contributed by atoms with Crippen LogP contribution >= 0.6 is 15.6 Å². The second-order valence-electron chi connectivity index (χ2n) is 14.5. The molecule has 0 aliphatic rings. The van der Waals surface area contributed by atoms with Gasteiger partial charge in [-0.05, 0) is 113 Å². The monoisotopic (exact) mass is 754 g/mol. The normalized spacial score (nSPS) is 14.5. The molecule has 0 aliphatic carbocycles. The maximum absolute atomic E-state index is 14.1. The first-order valence-corrected chi connectivity index (χ1v) is 37.5. The van der Waals surface area contributed by atoms with Gasteiger partial charge in [0, 0.05) is 0 Å². The molecular weight excluding hydrogens is 683 g/mol. The molecule has 0 radical (unpaired) electrons. The van der Waals surface area contributed by atoms with Crippen LogP contribution in [0.3, 0.4) is 0 Å². The molecule has 0 atom stereocenters. The number of hydrogen-bond donors (Lipinski definition) is 0. The lowest BCUT2D eigenvalue weighted by Crippen LogP contribution is -2.43. The summed E-state index contributed by atoms with van der Waals surface area (Å²) in [6.45, 7) is 37.4.